The number of carbonyl (C=O) groups is 2. The number of nitrogens with one attached hydrogen (secondary N) is 2. The van der Waals surface area contributed by atoms with Crippen molar-refractivity contribution in [2.75, 3.05) is 48.0 Å². The van der Waals surface area contributed by atoms with Crippen molar-refractivity contribution in [3.63, 3.8) is 0 Å². The molecule has 0 aliphatic carbocycles. The quantitative estimate of drug-likeness (QED) is 0.302. The number of methoxy groups -OCH3 is 2. The number of hydrogen-bond donors (Lipinski definition) is 2. The Hall–Kier alpha value is -2.61. The number of ether oxygens (including phenoxy) is 2. The van der Waals surface area contributed by atoms with E-state index in [2.05, 4.69) is 20.4 Å². The number of carbonyl (C=O) groups excluding carboxylic acids is 2. The molecule has 0 saturated heterocycles. The van der Waals surface area contributed by atoms with E-state index in [0.717, 1.165) is 5.56 Å². The van der Waals surface area contributed by atoms with Gasteiger partial charge in [-0.1, -0.05) is 12.1 Å². The van der Waals surface area contributed by atoms with E-state index in [9.17, 15) is 9.59 Å². The molecule has 0 heterocycles. The Morgan fingerprint density at radius 3 is 2.36 bits per heavy atom. The van der Waals surface area contributed by atoms with Gasteiger partial charge in [-0.15, -0.1) is 0 Å². The predicted octanol–water partition coefficient (Wildman–Crippen LogP) is 0.243. The highest BCUT2D eigenvalue weighted by molar-refractivity contribution is 5.89. The third-order valence-electron chi connectivity index (χ3n) is 3.30. The number of aliphatic imine (C=N–C) groups is 1. The maximum atomic E-state index is 11.7. The summed E-state index contributed by atoms with van der Waals surface area (Å²) in [6.07, 6.45) is 0. The molecule has 0 radical (unpaired) electrons. The van der Waals surface area contributed by atoms with Crippen molar-refractivity contribution in [3.05, 3.63) is 35.4 Å². The number of rotatable bonds is 8. The predicted molar refractivity (Wildman–Crippen MR) is 95.5 cm³/mol. The van der Waals surface area contributed by atoms with Gasteiger partial charge in [0.2, 0.25) is 5.91 Å². The summed E-state index contributed by atoms with van der Waals surface area (Å²) in [7, 11) is 6.35. The monoisotopic (exact) mass is 350 g/mol. The Bertz CT molecular complexity index is 585. The molecule has 1 aromatic carbocycles. The lowest BCUT2D eigenvalue weighted by Crippen LogP contribution is -2.43. The Kier molecular flexibility index (Phi) is 9.02. The summed E-state index contributed by atoms with van der Waals surface area (Å²) in [4.78, 5) is 29.1. The zero-order valence-electron chi connectivity index (χ0n) is 15.2. The molecule has 8 nitrogen and oxygen atoms in total. The van der Waals surface area contributed by atoms with Crippen molar-refractivity contribution >= 4 is 17.8 Å². The second-order valence-corrected chi connectivity index (χ2v) is 5.41. The van der Waals surface area contributed by atoms with E-state index in [1.807, 2.05) is 12.1 Å². The third kappa shape index (κ3) is 7.67. The zero-order valence-corrected chi connectivity index (χ0v) is 15.2. The van der Waals surface area contributed by atoms with E-state index in [1.54, 1.807) is 33.3 Å². The number of nitrogens with zero attached hydrogens (tertiary/aromatic N) is 2. The Balaban J connectivity index is 2.69. The van der Waals surface area contributed by atoms with Gasteiger partial charge in [0.25, 0.3) is 0 Å². The lowest BCUT2D eigenvalue weighted by Gasteiger charge is -2.14. The van der Waals surface area contributed by atoms with Crippen molar-refractivity contribution in [3.8, 4) is 0 Å². The van der Waals surface area contributed by atoms with Gasteiger partial charge in [0.1, 0.15) is 0 Å². The average molecular weight is 350 g/mol. The van der Waals surface area contributed by atoms with Gasteiger partial charge in [-0.2, -0.15) is 0 Å². The molecule has 0 atom stereocenters. The summed E-state index contributed by atoms with van der Waals surface area (Å²) in [6.45, 7) is 1.64. The van der Waals surface area contributed by atoms with E-state index in [1.165, 1.54) is 12.0 Å². The van der Waals surface area contributed by atoms with Gasteiger partial charge in [-0.3, -0.25) is 4.79 Å². The largest absolute Gasteiger partial charge is 0.465 e. The molecule has 0 spiro atoms. The maximum Gasteiger partial charge on any atom is 0.337 e. The highest BCUT2D eigenvalue weighted by Crippen LogP contribution is 2.06. The number of likely N-dealkylation sites (N-methyl/N-ethyl adjacent to an activating group) is 1. The summed E-state index contributed by atoms with van der Waals surface area (Å²) in [6, 6.07) is 7.01. The van der Waals surface area contributed by atoms with E-state index in [0.29, 0.717) is 31.2 Å². The van der Waals surface area contributed by atoms with Crippen LogP contribution in [-0.2, 0) is 20.8 Å². The number of benzene rings is 1. The molecular weight excluding hydrogens is 324 g/mol. The van der Waals surface area contributed by atoms with E-state index < -0.39 is 0 Å². The van der Waals surface area contributed by atoms with Crippen molar-refractivity contribution in [2.45, 2.75) is 6.54 Å². The van der Waals surface area contributed by atoms with Crippen LogP contribution in [0, 0.1) is 0 Å². The fraction of sp³-hybridized carbons (Fsp3) is 0.471. The van der Waals surface area contributed by atoms with Crippen LogP contribution in [0.5, 0.6) is 0 Å². The molecule has 2 N–H and O–H groups in total. The van der Waals surface area contributed by atoms with Crippen LogP contribution in [0.15, 0.2) is 29.3 Å². The number of hydrogen-bond acceptors (Lipinski definition) is 5. The Morgan fingerprint density at radius 1 is 1.12 bits per heavy atom. The van der Waals surface area contributed by atoms with Crippen molar-refractivity contribution in [2.24, 2.45) is 4.99 Å². The first-order valence-corrected chi connectivity index (χ1v) is 7.86. The zero-order chi connectivity index (χ0) is 18.7. The van der Waals surface area contributed by atoms with Crippen LogP contribution in [-0.4, -0.2) is 70.7 Å². The van der Waals surface area contributed by atoms with Crippen LogP contribution in [0.1, 0.15) is 15.9 Å². The second-order valence-electron chi connectivity index (χ2n) is 5.41. The van der Waals surface area contributed by atoms with E-state index in [-0.39, 0.29) is 18.4 Å². The van der Waals surface area contributed by atoms with Gasteiger partial charge < -0.3 is 25.0 Å². The molecule has 1 rings (SSSR count). The lowest BCUT2D eigenvalue weighted by molar-refractivity contribution is -0.127. The van der Waals surface area contributed by atoms with Crippen molar-refractivity contribution in [1.82, 2.24) is 15.5 Å². The molecule has 1 aromatic rings. The third-order valence-corrected chi connectivity index (χ3v) is 3.30. The minimum absolute atomic E-state index is 0.0522. The molecule has 0 aliphatic rings. The summed E-state index contributed by atoms with van der Waals surface area (Å²) in [5.41, 5.74) is 1.42. The first kappa shape index (κ1) is 20.4. The summed E-state index contributed by atoms with van der Waals surface area (Å²) in [5, 5.41) is 6.08. The number of esters is 1. The highest BCUT2D eigenvalue weighted by atomic mass is 16.5. The topological polar surface area (TPSA) is 92.3 Å². The second kappa shape index (κ2) is 11.0. The molecule has 1 amide bonds. The van der Waals surface area contributed by atoms with Gasteiger partial charge in [-0.25, -0.2) is 9.79 Å². The molecule has 138 valence electrons. The fourth-order valence-corrected chi connectivity index (χ4v) is 1.80. The average Bonchev–Trinajstić information content (AvgIpc) is 2.62. The standard InChI is InChI=1S/C17H26N4O4/c1-21(2)15(22)12-20-17(18-9-10-24-3)19-11-13-5-7-14(8-6-13)16(23)25-4/h5-8H,9-12H2,1-4H3,(H2,18,19,20). The van der Waals surface area contributed by atoms with Crippen LogP contribution in [0.4, 0.5) is 0 Å². The molecule has 0 unspecified atom stereocenters. The van der Waals surface area contributed by atoms with Crippen molar-refractivity contribution < 1.29 is 19.1 Å². The summed E-state index contributed by atoms with van der Waals surface area (Å²) in [5.74, 6) is 0.0915. The normalized spacial score (nSPS) is 11.0. The first-order valence-electron chi connectivity index (χ1n) is 7.86. The smallest absolute Gasteiger partial charge is 0.337 e. The van der Waals surface area contributed by atoms with Crippen LogP contribution in [0.25, 0.3) is 0 Å². The van der Waals surface area contributed by atoms with Crippen LogP contribution in [0.2, 0.25) is 0 Å². The molecule has 0 aromatic heterocycles. The van der Waals surface area contributed by atoms with Crippen molar-refractivity contribution in [1.29, 1.82) is 0 Å². The van der Waals surface area contributed by atoms with E-state index in [4.69, 9.17) is 4.74 Å². The maximum absolute atomic E-state index is 11.7. The molecule has 0 saturated carbocycles. The summed E-state index contributed by atoms with van der Waals surface area (Å²) >= 11 is 0. The Morgan fingerprint density at radius 2 is 1.80 bits per heavy atom. The van der Waals surface area contributed by atoms with Gasteiger partial charge in [0.05, 0.1) is 32.4 Å². The minimum Gasteiger partial charge on any atom is -0.465 e. The number of guanidine groups is 1. The van der Waals surface area contributed by atoms with E-state index >= 15 is 0 Å². The molecule has 0 bridgehead atoms. The minimum atomic E-state index is -0.374. The molecule has 0 fully saturated rings. The van der Waals surface area contributed by atoms with Crippen LogP contribution in [0.3, 0.4) is 0 Å². The van der Waals surface area contributed by atoms with Gasteiger partial charge in [-0.05, 0) is 17.7 Å². The fourth-order valence-electron chi connectivity index (χ4n) is 1.80. The van der Waals surface area contributed by atoms with Crippen LogP contribution >= 0.6 is 0 Å². The first-order chi connectivity index (χ1) is 12.0. The molecular formula is C17H26N4O4. The van der Waals surface area contributed by atoms with Gasteiger partial charge in [0, 0.05) is 27.7 Å². The van der Waals surface area contributed by atoms with Gasteiger partial charge in [0.15, 0.2) is 5.96 Å². The highest BCUT2D eigenvalue weighted by Gasteiger charge is 2.07. The van der Waals surface area contributed by atoms with Crippen LogP contribution < -0.4 is 10.6 Å². The summed E-state index contributed by atoms with van der Waals surface area (Å²) < 4.78 is 9.67. The SMILES string of the molecule is COCCNC(=NCc1ccc(C(=O)OC)cc1)NCC(=O)N(C)C. The molecule has 0 aliphatic heterocycles. The van der Waals surface area contributed by atoms with Gasteiger partial charge >= 0.3 is 5.97 Å². The molecule has 8 heteroatoms. The molecule has 25 heavy (non-hydrogen) atoms. The number of amides is 1. The Labute approximate surface area is 148 Å². The lowest BCUT2D eigenvalue weighted by atomic mass is 10.1.